The van der Waals surface area contributed by atoms with Crippen LogP contribution in [0.25, 0.3) is 0 Å². The van der Waals surface area contributed by atoms with Gasteiger partial charge in [0.05, 0.1) is 16.4 Å². The molecule has 110 valence electrons. The van der Waals surface area contributed by atoms with Crippen LogP contribution in [0.4, 0.5) is 5.82 Å². The number of amides is 1. The summed E-state index contributed by atoms with van der Waals surface area (Å²) in [7, 11) is 0. The summed E-state index contributed by atoms with van der Waals surface area (Å²) in [5, 5.41) is 2.94. The Balaban J connectivity index is 1.72. The van der Waals surface area contributed by atoms with E-state index in [-0.39, 0.29) is 5.91 Å². The fraction of sp³-hybridized carbons (Fsp3) is 0.333. The number of nitrogens with zero attached hydrogens (tertiary/aromatic N) is 2. The zero-order valence-electron chi connectivity index (χ0n) is 11.5. The Labute approximate surface area is 132 Å². The van der Waals surface area contributed by atoms with E-state index in [4.69, 9.17) is 11.6 Å². The molecule has 0 radical (unpaired) electrons. The van der Waals surface area contributed by atoms with Gasteiger partial charge in [-0.15, -0.1) is 11.3 Å². The molecular formula is C15H16ClN3OS. The Bertz CT molecular complexity index is 637. The van der Waals surface area contributed by atoms with Gasteiger partial charge >= 0.3 is 0 Å². The van der Waals surface area contributed by atoms with E-state index in [0.717, 1.165) is 41.0 Å². The van der Waals surface area contributed by atoms with Crippen LogP contribution >= 0.6 is 22.9 Å². The second-order valence-electron chi connectivity index (χ2n) is 4.96. The third-order valence-corrected chi connectivity index (χ3v) is 4.72. The number of halogens is 1. The molecule has 0 aromatic carbocycles. The summed E-state index contributed by atoms with van der Waals surface area (Å²) in [6.45, 7) is 2.43. The molecule has 21 heavy (non-hydrogen) atoms. The van der Waals surface area contributed by atoms with Crippen molar-refractivity contribution in [2.45, 2.75) is 19.4 Å². The molecule has 0 spiro atoms. The molecule has 4 nitrogen and oxygen atoms in total. The molecule has 3 heterocycles. The van der Waals surface area contributed by atoms with Crippen molar-refractivity contribution >= 4 is 34.7 Å². The van der Waals surface area contributed by atoms with Crippen molar-refractivity contribution in [2.75, 3.05) is 18.0 Å². The number of carbonyl (C=O) groups excluding carboxylic acids is 1. The van der Waals surface area contributed by atoms with Crippen LogP contribution in [0.3, 0.4) is 0 Å². The number of carbonyl (C=O) groups is 1. The number of anilines is 1. The molecule has 2 aromatic rings. The second kappa shape index (κ2) is 6.45. The Hall–Kier alpha value is -1.59. The van der Waals surface area contributed by atoms with Gasteiger partial charge in [-0.3, -0.25) is 4.79 Å². The average Bonchev–Trinajstić information content (AvgIpc) is 3.16. The van der Waals surface area contributed by atoms with Crippen LogP contribution in [-0.4, -0.2) is 24.0 Å². The molecule has 0 bridgehead atoms. The van der Waals surface area contributed by atoms with E-state index >= 15 is 0 Å². The van der Waals surface area contributed by atoms with E-state index in [1.807, 2.05) is 18.2 Å². The van der Waals surface area contributed by atoms with Crippen molar-refractivity contribution in [3.63, 3.8) is 0 Å². The van der Waals surface area contributed by atoms with Crippen LogP contribution in [-0.2, 0) is 6.54 Å². The molecule has 3 rings (SSSR count). The van der Waals surface area contributed by atoms with Crippen molar-refractivity contribution in [1.29, 1.82) is 0 Å². The van der Waals surface area contributed by atoms with Crippen molar-refractivity contribution in [3.8, 4) is 0 Å². The number of hydrogen-bond donors (Lipinski definition) is 1. The molecular weight excluding hydrogens is 306 g/mol. The molecule has 1 amide bonds. The van der Waals surface area contributed by atoms with Gasteiger partial charge in [0.1, 0.15) is 5.82 Å². The monoisotopic (exact) mass is 321 g/mol. The van der Waals surface area contributed by atoms with Crippen LogP contribution in [0.1, 0.15) is 28.1 Å². The molecule has 2 aromatic heterocycles. The molecule has 0 atom stereocenters. The van der Waals surface area contributed by atoms with Crippen molar-refractivity contribution in [3.05, 3.63) is 45.2 Å². The smallest absolute Gasteiger partial charge is 0.255 e. The Morgan fingerprint density at radius 2 is 2.14 bits per heavy atom. The van der Waals surface area contributed by atoms with E-state index in [1.54, 1.807) is 12.3 Å². The summed E-state index contributed by atoms with van der Waals surface area (Å²) in [5.74, 6) is 0.700. The second-order valence-corrected chi connectivity index (χ2v) is 6.76. The van der Waals surface area contributed by atoms with Gasteiger partial charge < -0.3 is 10.2 Å². The minimum absolute atomic E-state index is 0.0884. The predicted molar refractivity (Wildman–Crippen MR) is 86.2 cm³/mol. The maximum Gasteiger partial charge on any atom is 0.255 e. The predicted octanol–water partition coefficient (Wildman–Crippen LogP) is 3.33. The van der Waals surface area contributed by atoms with Crippen LogP contribution in [0.2, 0.25) is 4.34 Å². The fourth-order valence-electron chi connectivity index (χ4n) is 2.46. The number of rotatable bonds is 4. The first-order valence-corrected chi connectivity index (χ1v) is 8.16. The van der Waals surface area contributed by atoms with Gasteiger partial charge in [0.2, 0.25) is 0 Å². The Morgan fingerprint density at radius 3 is 2.86 bits per heavy atom. The lowest BCUT2D eigenvalue weighted by molar-refractivity contribution is 0.0951. The molecule has 1 saturated heterocycles. The number of nitrogens with one attached hydrogen (secondary N) is 1. The number of hydrogen-bond acceptors (Lipinski definition) is 4. The van der Waals surface area contributed by atoms with E-state index in [2.05, 4.69) is 15.2 Å². The SMILES string of the molecule is O=C(NCc1ccc(Cl)s1)c1cccnc1N1CCCC1. The first kappa shape index (κ1) is 14.4. The lowest BCUT2D eigenvalue weighted by Gasteiger charge is -2.19. The minimum atomic E-state index is -0.0884. The molecule has 0 aliphatic carbocycles. The summed E-state index contributed by atoms with van der Waals surface area (Å²) < 4.78 is 0.735. The van der Waals surface area contributed by atoms with Gasteiger partial charge in [-0.25, -0.2) is 4.98 Å². The summed E-state index contributed by atoms with van der Waals surface area (Å²) in [4.78, 5) is 20.0. The highest BCUT2D eigenvalue weighted by atomic mass is 35.5. The molecule has 6 heteroatoms. The quantitative estimate of drug-likeness (QED) is 0.939. The Kier molecular flexibility index (Phi) is 4.41. The highest BCUT2D eigenvalue weighted by Crippen LogP contribution is 2.23. The first-order chi connectivity index (χ1) is 10.2. The first-order valence-electron chi connectivity index (χ1n) is 6.96. The molecule has 1 aliphatic rings. The van der Waals surface area contributed by atoms with E-state index < -0.39 is 0 Å². The highest BCUT2D eigenvalue weighted by molar-refractivity contribution is 7.16. The topological polar surface area (TPSA) is 45.2 Å². The third-order valence-electron chi connectivity index (χ3n) is 3.49. The van der Waals surface area contributed by atoms with Crippen LogP contribution in [0, 0.1) is 0 Å². The van der Waals surface area contributed by atoms with Crippen LogP contribution in [0.15, 0.2) is 30.5 Å². The van der Waals surface area contributed by atoms with Gasteiger partial charge in [-0.1, -0.05) is 11.6 Å². The average molecular weight is 322 g/mol. The molecule has 1 N–H and O–H groups in total. The van der Waals surface area contributed by atoms with Crippen LogP contribution in [0.5, 0.6) is 0 Å². The van der Waals surface area contributed by atoms with Crippen molar-refractivity contribution in [2.24, 2.45) is 0 Å². The third kappa shape index (κ3) is 3.36. The maximum absolute atomic E-state index is 12.4. The van der Waals surface area contributed by atoms with Gasteiger partial charge in [0.15, 0.2) is 0 Å². The molecule has 1 aliphatic heterocycles. The van der Waals surface area contributed by atoms with Crippen molar-refractivity contribution < 1.29 is 4.79 Å². The maximum atomic E-state index is 12.4. The summed E-state index contributed by atoms with van der Waals surface area (Å²) in [5.41, 5.74) is 0.641. The van der Waals surface area contributed by atoms with Gasteiger partial charge in [0.25, 0.3) is 5.91 Å². The largest absolute Gasteiger partial charge is 0.356 e. The van der Waals surface area contributed by atoms with Gasteiger partial charge in [0, 0.05) is 24.2 Å². The van der Waals surface area contributed by atoms with E-state index in [0.29, 0.717) is 12.1 Å². The zero-order chi connectivity index (χ0) is 14.7. The molecule has 0 saturated carbocycles. The van der Waals surface area contributed by atoms with E-state index in [1.165, 1.54) is 11.3 Å². The lowest BCUT2D eigenvalue weighted by atomic mass is 10.2. The zero-order valence-corrected chi connectivity index (χ0v) is 13.1. The van der Waals surface area contributed by atoms with E-state index in [9.17, 15) is 4.79 Å². The summed E-state index contributed by atoms with van der Waals surface area (Å²) in [6, 6.07) is 7.40. The highest BCUT2D eigenvalue weighted by Gasteiger charge is 2.20. The summed E-state index contributed by atoms with van der Waals surface area (Å²) >= 11 is 7.37. The number of thiophene rings is 1. The lowest BCUT2D eigenvalue weighted by Crippen LogP contribution is -2.27. The molecule has 0 unspecified atom stereocenters. The fourth-order valence-corrected chi connectivity index (χ4v) is 3.49. The minimum Gasteiger partial charge on any atom is -0.356 e. The van der Waals surface area contributed by atoms with Gasteiger partial charge in [-0.2, -0.15) is 0 Å². The number of pyridine rings is 1. The van der Waals surface area contributed by atoms with Crippen LogP contribution < -0.4 is 10.2 Å². The molecule has 1 fully saturated rings. The summed E-state index contributed by atoms with van der Waals surface area (Å²) in [6.07, 6.45) is 4.06. The van der Waals surface area contributed by atoms with Gasteiger partial charge in [-0.05, 0) is 37.1 Å². The number of aromatic nitrogens is 1. The van der Waals surface area contributed by atoms with Crippen molar-refractivity contribution in [1.82, 2.24) is 10.3 Å². The standard InChI is InChI=1S/C15H16ClN3OS/c16-13-6-5-11(21-13)10-18-15(20)12-4-3-7-17-14(12)19-8-1-2-9-19/h3-7H,1-2,8-10H2,(H,18,20). The Morgan fingerprint density at radius 1 is 1.33 bits per heavy atom. The normalized spacial score (nSPS) is 14.4.